The fourth-order valence-electron chi connectivity index (χ4n) is 1.82. The fraction of sp³-hybridized carbons (Fsp3) is 0.154. The highest BCUT2D eigenvalue weighted by molar-refractivity contribution is 9.11. The number of halogens is 4. The summed E-state index contributed by atoms with van der Waals surface area (Å²) >= 11 is 10.2. The van der Waals surface area contributed by atoms with E-state index < -0.39 is 0 Å². The van der Waals surface area contributed by atoms with Crippen LogP contribution in [-0.2, 0) is 6.42 Å². The van der Waals surface area contributed by atoms with E-state index in [1.165, 1.54) is 12.1 Å². The van der Waals surface area contributed by atoms with Crippen molar-refractivity contribution in [3.8, 4) is 0 Å². The number of pyridine rings is 1. The van der Waals surface area contributed by atoms with E-state index in [0.29, 0.717) is 10.9 Å². The molecule has 0 saturated heterocycles. The van der Waals surface area contributed by atoms with Crippen LogP contribution < -0.4 is 11.3 Å². The summed E-state index contributed by atoms with van der Waals surface area (Å²) in [5.74, 6) is 5.35. The van der Waals surface area contributed by atoms with E-state index in [4.69, 9.17) is 5.84 Å². The number of nitrogens with one attached hydrogen (secondary N) is 1. The van der Waals surface area contributed by atoms with E-state index in [1.54, 1.807) is 12.3 Å². The number of rotatable bonds is 4. The minimum absolute atomic E-state index is 0.181. The Balaban J connectivity index is 2.28. The van der Waals surface area contributed by atoms with Gasteiger partial charge in [-0.05, 0) is 62.0 Å². The number of aromatic nitrogens is 1. The molecule has 3 nitrogen and oxygen atoms in total. The summed E-state index contributed by atoms with van der Waals surface area (Å²) in [5, 5.41) is 0. The topological polar surface area (TPSA) is 50.9 Å². The average molecular weight is 468 g/mol. The van der Waals surface area contributed by atoms with Gasteiger partial charge in [0, 0.05) is 19.6 Å². The molecular weight excluding hydrogens is 457 g/mol. The zero-order chi connectivity index (χ0) is 14.7. The maximum Gasteiger partial charge on any atom is 0.124 e. The van der Waals surface area contributed by atoms with Gasteiger partial charge in [-0.25, -0.2) is 4.39 Å². The molecule has 2 aromatic rings. The second kappa shape index (κ2) is 7.09. The van der Waals surface area contributed by atoms with Crippen LogP contribution in [0.2, 0.25) is 0 Å². The molecule has 0 radical (unpaired) electrons. The molecule has 1 unspecified atom stereocenters. The summed E-state index contributed by atoms with van der Waals surface area (Å²) in [6.07, 6.45) is 2.30. The predicted octanol–water partition coefficient (Wildman–Crippen LogP) is 4.26. The Bertz CT molecular complexity index is 622. The Morgan fingerprint density at radius 1 is 1.20 bits per heavy atom. The zero-order valence-electron chi connectivity index (χ0n) is 10.2. The molecule has 3 N–H and O–H groups in total. The first kappa shape index (κ1) is 16.0. The minimum atomic E-state index is -0.277. The first-order chi connectivity index (χ1) is 9.51. The second-order valence-corrected chi connectivity index (χ2v) is 6.80. The van der Waals surface area contributed by atoms with Gasteiger partial charge in [-0.3, -0.25) is 16.3 Å². The Hall–Kier alpha value is -0.340. The number of hydrogen-bond donors (Lipinski definition) is 2. The number of nitrogens with two attached hydrogens (primary N) is 1. The van der Waals surface area contributed by atoms with Crippen molar-refractivity contribution in [3.63, 3.8) is 0 Å². The van der Waals surface area contributed by atoms with Crippen LogP contribution in [0.1, 0.15) is 17.3 Å². The molecule has 1 heterocycles. The second-order valence-electron chi connectivity index (χ2n) is 4.18. The standard InChI is InChI=1S/C13H11Br3FN3/c14-8-4-11(16)13(19-6-8)12(20-18)3-7-1-2-9(17)5-10(7)15/h1-2,4-6,12,20H,3,18H2. The quantitative estimate of drug-likeness (QED) is 0.522. The van der Waals surface area contributed by atoms with Crippen molar-refractivity contribution < 1.29 is 4.39 Å². The van der Waals surface area contributed by atoms with Gasteiger partial charge in [0.2, 0.25) is 0 Å². The molecule has 0 spiro atoms. The lowest BCUT2D eigenvalue weighted by Gasteiger charge is -2.18. The molecule has 0 aliphatic rings. The van der Waals surface area contributed by atoms with Crippen LogP contribution in [-0.4, -0.2) is 4.98 Å². The van der Waals surface area contributed by atoms with Gasteiger partial charge in [0.1, 0.15) is 5.82 Å². The molecule has 0 aliphatic carbocycles. The highest BCUT2D eigenvalue weighted by Crippen LogP contribution is 2.28. The van der Waals surface area contributed by atoms with Gasteiger partial charge >= 0.3 is 0 Å². The van der Waals surface area contributed by atoms with Crippen LogP contribution in [0.25, 0.3) is 0 Å². The number of nitrogens with zero attached hydrogens (tertiary/aromatic N) is 1. The van der Waals surface area contributed by atoms with E-state index in [2.05, 4.69) is 58.2 Å². The van der Waals surface area contributed by atoms with E-state index in [-0.39, 0.29) is 11.9 Å². The van der Waals surface area contributed by atoms with Crippen LogP contribution in [0.4, 0.5) is 4.39 Å². The van der Waals surface area contributed by atoms with Crippen LogP contribution in [0, 0.1) is 5.82 Å². The molecule has 0 fully saturated rings. The van der Waals surface area contributed by atoms with Gasteiger partial charge in [0.15, 0.2) is 0 Å². The maximum atomic E-state index is 13.1. The van der Waals surface area contributed by atoms with Gasteiger partial charge in [-0.1, -0.05) is 22.0 Å². The number of hydrazine groups is 1. The van der Waals surface area contributed by atoms with Crippen molar-refractivity contribution in [2.75, 3.05) is 0 Å². The summed E-state index contributed by atoms with van der Waals surface area (Å²) in [4.78, 5) is 4.37. The van der Waals surface area contributed by atoms with Crippen LogP contribution >= 0.6 is 47.8 Å². The lowest BCUT2D eigenvalue weighted by atomic mass is 10.0. The van der Waals surface area contributed by atoms with E-state index in [9.17, 15) is 4.39 Å². The van der Waals surface area contributed by atoms with Crippen molar-refractivity contribution in [3.05, 3.63) is 61.0 Å². The summed E-state index contributed by atoms with van der Waals surface area (Å²) < 4.78 is 15.6. The number of benzene rings is 1. The number of hydrogen-bond acceptors (Lipinski definition) is 3. The Kier molecular flexibility index (Phi) is 5.68. The van der Waals surface area contributed by atoms with Crippen molar-refractivity contribution in [2.24, 2.45) is 5.84 Å². The fourth-order valence-corrected chi connectivity index (χ4v) is 3.60. The molecule has 0 saturated carbocycles. The molecule has 1 aromatic carbocycles. The summed E-state index contributed by atoms with van der Waals surface area (Å²) in [5.41, 5.74) is 4.49. The maximum absolute atomic E-state index is 13.1. The van der Waals surface area contributed by atoms with Crippen LogP contribution in [0.15, 0.2) is 43.9 Å². The molecule has 1 atom stereocenters. The van der Waals surface area contributed by atoms with Crippen LogP contribution in [0.3, 0.4) is 0 Å². The molecule has 2 rings (SSSR count). The van der Waals surface area contributed by atoms with E-state index in [1.807, 2.05) is 6.07 Å². The molecule has 0 amide bonds. The molecule has 7 heteroatoms. The summed E-state index contributed by atoms with van der Waals surface area (Å²) in [6, 6.07) is 6.33. The highest BCUT2D eigenvalue weighted by atomic mass is 79.9. The smallest absolute Gasteiger partial charge is 0.124 e. The highest BCUT2D eigenvalue weighted by Gasteiger charge is 2.17. The van der Waals surface area contributed by atoms with Gasteiger partial charge < -0.3 is 0 Å². The third-order valence-electron chi connectivity index (χ3n) is 2.81. The summed E-state index contributed by atoms with van der Waals surface area (Å²) in [7, 11) is 0. The summed E-state index contributed by atoms with van der Waals surface area (Å²) in [6.45, 7) is 0. The Morgan fingerprint density at radius 2 is 1.95 bits per heavy atom. The van der Waals surface area contributed by atoms with Crippen molar-refractivity contribution in [1.82, 2.24) is 10.4 Å². The lowest BCUT2D eigenvalue weighted by molar-refractivity contribution is 0.534. The van der Waals surface area contributed by atoms with E-state index in [0.717, 1.165) is 20.2 Å². The zero-order valence-corrected chi connectivity index (χ0v) is 15.0. The monoisotopic (exact) mass is 465 g/mol. The average Bonchev–Trinajstić information content (AvgIpc) is 2.39. The molecule has 20 heavy (non-hydrogen) atoms. The van der Waals surface area contributed by atoms with Gasteiger partial charge in [-0.15, -0.1) is 0 Å². The first-order valence-electron chi connectivity index (χ1n) is 5.72. The minimum Gasteiger partial charge on any atom is -0.271 e. The van der Waals surface area contributed by atoms with Gasteiger partial charge in [-0.2, -0.15) is 0 Å². The third kappa shape index (κ3) is 3.85. The molecular formula is C13H11Br3FN3. The normalized spacial score (nSPS) is 12.4. The lowest BCUT2D eigenvalue weighted by Crippen LogP contribution is -2.30. The van der Waals surface area contributed by atoms with Crippen molar-refractivity contribution >= 4 is 47.8 Å². The van der Waals surface area contributed by atoms with Gasteiger partial charge in [0.05, 0.1) is 11.7 Å². The Morgan fingerprint density at radius 3 is 2.55 bits per heavy atom. The van der Waals surface area contributed by atoms with Gasteiger partial charge in [0.25, 0.3) is 0 Å². The SMILES string of the molecule is NNC(Cc1ccc(F)cc1Br)c1ncc(Br)cc1Br. The third-order valence-corrected chi connectivity index (χ3v) is 4.61. The predicted molar refractivity (Wildman–Crippen MR) is 87.5 cm³/mol. The van der Waals surface area contributed by atoms with Crippen molar-refractivity contribution in [1.29, 1.82) is 0 Å². The molecule has 1 aromatic heterocycles. The van der Waals surface area contributed by atoms with Crippen molar-refractivity contribution in [2.45, 2.75) is 12.5 Å². The van der Waals surface area contributed by atoms with Crippen LogP contribution in [0.5, 0.6) is 0 Å². The largest absolute Gasteiger partial charge is 0.271 e. The molecule has 0 aliphatic heterocycles. The molecule has 0 bridgehead atoms. The Labute approximate surface area is 141 Å². The van der Waals surface area contributed by atoms with E-state index >= 15 is 0 Å². The molecule has 106 valence electrons. The first-order valence-corrected chi connectivity index (χ1v) is 8.10.